The van der Waals surface area contributed by atoms with Gasteiger partial charge in [-0.15, -0.1) is 22.7 Å². The highest BCUT2D eigenvalue weighted by Gasteiger charge is 2.11. The van der Waals surface area contributed by atoms with Crippen LogP contribution in [0.5, 0.6) is 0 Å². The van der Waals surface area contributed by atoms with Crippen molar-refractivity contribution in [2.24, 2.45) is 7.05 Å². The molecule has 11 heteroatoms. The molecule has 0 radical (unpaired) electrons. The number of fused-ring (bicyclic) bond motifs is 7. The summed E-state index contributed by atoms with van der Waals surface area (Å²) >= 11 is 15.6. The monoisotopic (exact) mass is 1340 g/mol. The van der Waals surface area contributed by atoms with Crippen LogP contribution in [0.25, 0.3) is 74.8 Å². The molecule has 14 aromatic rings. The largest absolute Gasteiger partial charge is 0.268 e. The van der Waals surface area contributed by atoms with Crippen molar-refractivity contribution in [3.05, 3.63) is 259 Å². The molecule has 14 rings (SSSR count). The number of halogens is 2. The van der Waals surface area contributed by atoms with Gasteiger partial charge in [-0.3, -0.25) is 19.6 Å². The van der Waals surface area contributed by atoms with E-state index in [1.807, 2.05) is 78.4 Å². The molecule has 0 aliphatic heterocycles. The third kappa shape index (κ3) is 20.1. The summed E-state index contributed by atoms with van der Waals surface area (Å²) in [5.41, 5.74) is 20.6. The fourth-order valence-electron chi connectivity index (χ4n) is 11.1. The Bertz CT molecular complexity index is 4560. The van der Waals surface area contributed by atoms with Crippen molar-refractivity contribution in [1.82, 2.24) is 34.7 Å². The molecule has 0 unspecified atom stereocenters. The van der Waals surface area contributed by atoms with Crippen LogP contribution in [0, 0.1) is 20.8 Å². The maximum absolute atomic E-state index is 6.07. The zero-order valence-corrected chi connectivity index (χ0v) is 61.4. The average molecular weight is 1340 g/mol. The van der Waals surface area contributed by atoms with Crippen LogP contribution in [0.4, 0.5) is 0 Å². The summed E-state index contributed by atoms with van der Waals surface area (Å²) in [7, 11) is 1.97. The van der Waals surface area contributed by atoms with Gasteiger partial charge in [0.2, 0.25) is 0 Å². The summed E-state index contributed by atoms with van der Waals surface area (Å²) in [6.07, 6.45) is 7.58. The molecule has 6 aromatic heterocycles. The van der Waals surface area contributed by atoms with Crippen molar-refractivity contribution < 1.29 is 0 Å². The smallest absolute Gasteiger partial charge is 0.0907 e. The summed E-state index contributed by atoms with van der Waals surface area (Å²) in [4.78, 5) is 21.9. The Morgan fingerprint density at radius 3 is 1.64 bits per heavy atom. The average Bonchev–Trinajstić information content (AvgIpc) is 1.86. The number of aromatic nitrogens is 7. The lowest BCUT2D eigenvalue weighted by atomic mass is 9.96. The van der Waals surface area contributed by atoms with Crippen LogP contribution in [-0.4, -0.2) is 34.7 Å². The number of para-hydroxylation sites is 1. The first-order valence-electron chi connectivity index (χ1n) is 32.9. The SMILES string of the molecule is C.CC(C)c1cc(Cl)cc2ccccc12.CC(C)c1cc(Cl)cc2cccnc12.CC(C)c1ccc2c(cnn2C)c1.CC(C)c1ccc2ncsc2c1.Cc1ccc2c(C(C)C)ccnc2c1.Cc1cnc2c(C(C)C)cccc2c1.Cc1nc2ccc(C(C)C)cc2s1. The number of thiazole rings is 2. The van der Waals surface area contributed by atoms with Gasteiger partial charge in [-0.05, 0) is 208 Å². The van der Waals surface area contributed by atoms with Gasteiger partial charge in [-0.25, -0.2) is 9.97 Å². The maximum Gasteiger partial charge on any atom is 0.0907 e. The maximum atomic E-state index is 6.07. The molecule has 0 saturated carbocycles. The van der Waals surface area contributed by atoms with Gasteiger partial charge in [-0.2, -0.15) is 5.10 Å². The zero-order chi connectivity index (χ0) is 67.9. The lowest BCUT2D eigenvalue weighted by molar-refractivity contribution is 0.796. The zero-order valence-electron chi connectivity index (χ0n) is 58.2. The van der Waals surface area contributed by atoms with Gasteiger partial charge < -0.3 is 0 Å². The summed E-state index contributed by atoms with van der Waals surface area (Å²) in [6, 6.07) is 57.1. The first-order chi connectivity index (χ1) is 44.8. The van der Waals surface area contributed by atoms with E-state index in [2.05, 4.69) is 275 Å². The van der Waals surface area contributed by atoms with E-state index >= 15 is 0 Å². The van der Waals surface area contributed by atoms with E-state index < -0.39 is 0 Å². The molecule has 0 aliphatic rings. The summed E-state index contributed by atoms with van der Waals surface area (Å²) in [5, 5.41) is 14.4. The quantitative estimate of drug-likeness (QED) is 0.158. The van der Waals surface area contributed by atoms with Crippen LogP contribution in [-0.2, 0) is 7.05 Å². The lowest BCUT2D eigenvalue weighted by Gasteiger charge is -2.10. The Morgan fingerprint density at radius 2 is 0.968 bits per heavy atom. The second kappa shape index (κ2) is 34.7. The van der Waals surface area contributed by atoms with Crippen LogP contribution < -0.4 is 0 Å². The molecule has 494 valence electrons. The first-order valence-corrected chi connectivity index (χ1v) is 35.4. The minimum Gasteiger partial charge on any atom is -0.268 e. The van der Waals surface area contributed by atoms with E-state index in [9.17, 15) is 0 Å². The normalized spacial score (nSPS) is 11.1. The van der Waals surface area contributed by atoms with Gasteiger partial charge in [0.05, 0.1) is 59.2 Å². The molecule has 8 aromatic carbocycles. The van der Waals surface area contributed by atoms with E-state index in [0.29, 0.717) is 41.4 Å². The van der Waals surface area contributed by atoms with Gasteiger partial charge in [0.15, 0.2) is 0 Å². The van der Waals surface area contributed by atoms with Crippen molar-refractivity contribution in [3.63, 3.8) is 0 Å². The number of hydrogen-bond donors (Lipinski definition) is 0. The standard InChI is InChI=1S/C13H13Cl.2C13H15N.C12H12ClN.C11H14N2.C11H13NS.C10H11NS.CH4/c1-9(2)13-8-11(14)7-10-5-3-4-6-12(10)13;1-9(2)11-6-7-14-13-8-10(3)4-5-12(11)13;1-9(2)12-6-4-5-11-7-10(3)8-14-13(11)12;1-8(2)11-7-10(13)6-9-4-3-5-14-12(9)11;1-8(2)9-4-5-11-10(6-9)7-12-13(11)3;1-7(2)9-4-5-10-11(6-9)13-8(3)12-10;1-7(2)8-3-4-9-10(5-8)12-6-11-9;/h3-9H,1-2H3;2*4-9H,1-3H3;3-8H,1-2H3;4-8H,1-3H3;4-7H,1-3H3;3-7H,1-2H3;1H4. The fourth-order valence-corrected chi connectivity index (χ4v) is 13.2. The van der Waals surface area contributed by atoms with Gasteiger partial charge in [-0.1, -0.05) is 206 Å². The van der Waals surface area contributed by atoms with Crippen molar-refractivity contribution in [2.45, 2.75) is 167 Å². The molecule has 0 spiro atoms. The minimum absolute atomic E-state index is 0. The Labute approximate surface area is 584 Å². The van der Waals surface area contributed by atoms with Gasteiger partial charge in [0.25, 0.3) is 0 Å². The molecule has 0 fully saturated rings. The Kier molecular flexibility index (Phi) is 27.2. The second-order valence-electron chi connectivity index (χ2n) is 26.3. The molecule has 0 saturated heterocycles. The molecular weight excluding hydrogens is 1240 g/mol. The first kappa shape index (κ1) is 74.5. The van der Waals surface area contributed by atoms with E-state index in [-0.39, 0.29) is 7.43 Å². The third-order valence-corrected chi connectivity index (χ3v) is 18.7. The van der Waals surface area contributed by atoms with E-state index in [1.165, 1.54) is 91.9 Å². The van der Waals surface area contributed by atoms with E-state index in [4.69, 9.17) is 23.2 Å². The third-order valence-electron chi connectivity index (χ3n) is 16.5. The highest BCUT2D eigenvalue weighted by Crippen LogP contribution is 2.32. The topological polar surface area (TPSA) is 82.3 Å². The van der Waals surface area contributed by atoms with E-state index in [1.54, 1.807) is 22.7 Å². The van der Waals surface area contributed by atoms with Crippen LogP contribution in [0.1, 0.15) is 201 Å². The van der Waals surface area contributed by atoms with Gasteiger partial charge >= 0.3 is 0 Å². The lowest BCUT2D eigenvalue weighted by Crippen LogP contribution is -1.91. The van der Waals surface area contributed by atoms with Gasteiger partial charge in [0, 0.05) is 57.2 Å². The molecule has 7 nitrogen and oxygen atoms in total. The predicted octanol–water partition coefficient (Wildman–Crippen LogP) is 26.4. The predicted molar refractivity (Wildman–Crippen MR) is 419 cm³/mol. The number of nitrogens with zero attached hydrogens (tertiary/aromatic N) is 7. The molecule has 0 aliphatic carbocycles. The number of benzene rings is 8. The van der Waals surface area contributed by atoms with Gasteiger partial charge in [0.1, 0.15) is 0 Å². The highest BCUT2D eigenvalue weighted by molar-refractivity contribution is 7.18. The number of aryl methyl sites for hydroxylation is 4. The molecule has 0 bridgehead atoms. The molecule has 95 heavy (non-hydrogen) atoms. The summed E-state index contributed by atoms with van der Waals surface area (Å²) in [6.45, 7) is 37.0. The van der Waals surface area contributed by atoms with Crippen LogP contribution in [0.2, 0.25) is 10.0 Å². The number of rotatable bonds is 7. The molecule has 0 N–H and O–H groups in total. The number of hydrogen-bond acceptors (Lipinski definition) is 8. The minimum atomic E-state index is 0. The highest BCUT2D eigenvalue weighted by atomic mass is 35.5. The Balaban J connectivity index is 0.000000156. The van der Waals surface area contributed by atoms with Crippen molar-refractivity contribution >= 4 is 121 Å². The second-order valence-corrected chi connectivity index (χ2v) is 29.3. The summed E-state index contributed by atoms with van der Waals surface area (Å²) < 4.78 is 4.50. The van der Waals surface area contributed by atoms with E-state index in [0.717, 1.165) is 48.0 Å². The van der Waals surface area contributed by atoms with Crippen LogP contribution >= 0.6 is 45.9 Å². The molecule has 0 amide bonds. The van der Waals surface area contributed by atoms with Crippen molar-refractivity contribution in [3.8, 4) is 0 Å². The molecule has 0 atom stereocenters. The Morgan fingerprint density at radius 1 is 0.389 bits per heavy atom. The number of pyridine rings is 3. The molecule has 6 heterocycles. The molecular formula is C84H97Cl2N7S2. The van der Waals surface area contributed by atoms with Crippen LogP contribution in [0.3, 0.4) is 0 Å². The van der Waals surface area contributed by atoms with Crippen molar-refractivity contribution in [1.29, 1.82) is 0 Å². The van der Waals surface area contributed by atoms with Crippen LogP contribution in [0.15, 0.2) is 194 Å². The Hall–Kier alpha value is -7.92. The fraction of sp³-hybridized carbons (Fsp3) is 0.310. The summed E-state index contributed by atoms with van der Waals surface area (Å²) in [5.74, 6) is 3.86. The van der Waals surface area contributed by atoms with Crippen molar-refractivity contribution in [2.75, 3.05) is 0 Å².